The van der Waals surface area contributed by atoms with Crippen molar-refractivity contribution in [3.05, 3.63) is 29.8 Å². The fourth-order valence-corrected chi connectivity index (χ4v) is 4.24. The molecule has 22 heavy (non-hydrogen) atoms. The molecule has 1 aliphatic heterocycles. The minimum absolute atomic E-state index is 0.281. The molecule has 0 spiro atoms. The van der Waals surface area contributed by atoms with Gasteiger partial charge in [-0.3, -0.25) is 4.90 Å². The van der Waals surface area contributed by atoms with Crippen LogP contribution in [0.5, 0.6) is 0 Å². The first-order valence-electron chi connectivity index (χ1n) is 7.82. The summed E-state index contributed by atoms with van der Waals surface area (Å²) < 4.78 is 25.7. The normalized spacial score (nSPS) is 29.9. The predicted octanol–water partition coefficient (Wildman–Crippen LogP) is 1.19. The lowest BCUT2D eigenvalue weighted by Gasteiger charge is -2.26. The number of nitrogens with zero attached hydrogens (tertiary/aromatic N) is 1. The SMILES string of the molecule is CNS(=O)(=O)c1ccc(CN2CC(C)C(O)(C3CC3)C2)cc1. The maximum absolute atomic E-state index is 11.7. The van der Waals surface area contributed by atoms with E-state index in [-0.39, 0.29) is 4.90 Å². The Balaban J connectivity index is 1.67. The number of hydrogen-bond donors (Lipinski definition) is 2. The van der Waals surface area contributed by atoms with Gasteiger partial charge in [-0.15, -0.1) is 0 Å². The molecule has 0 radical (unpaired) electrons. The number of β-amino-alcohol motifs (C(OH)–C–C–N with tert-alkyl or cyclic N) is 1. The van der Waals surface area contributed by atoms with Gasteiger partial charge in [0.2, 0.25) is 10.0 Å². The maximum atomic E-state index is 11.7. The van der Waals surface area contributed by atoms with Crippen LogP contribution in [0.25, 0.3) is 0 Å². The second-order valence-corrected chi connectivity index (χ2v) is 8.57. The van der Waals surface area contributed by atoms with Crippen LogP contribution in [0.1, 0.15) is 25.3 Å². The van der Waals surface area contributed by atoms with Crippen LogP contribution in [-0.4, -0.2) is 44.2 Å². The lowest BCUT2D eigenvalue weighted by molar-refractivity contribution is -0.00443. The molecule has 0 bridgehead atoms. The highest BCUT2D eigenvalue weighted by atomic mass is 32.2. The number of sulfonamides is 1. The van der Waals surface area contributed by atoms with E-state index in [0.717, 1.165) is 38.0 Å². The standard InChI is InChI=1S/C16H24N2O3S/c1-12-9-18(11-16(12,19)14-5-6-14)10-13-3-7-15(8-4-13)22(20,21)17-2/h3-4,7-8,12,14,17,19H,5-6,9-11H2,1-2H3. The molecule has 6 heteroatoms. The molecule has 5 nitrogen and oxygen atoms in total. The van der Waals surface area contributed by atoms with Gasteiger partial charge in [0, 0.05) is 19.6 Å². The molecule has 2 N–H and O–H groups in total. The van der Waals surface area contributed by atoms with Crippen LogP contribution in [-0.2, 0) is 16.6 Å². The Labute approximate surface area is 132 Å². The average Bonchev–Trinajstić information content (AvgIpc) is 3.29. The molecule has 1 heterocycles. The van der Waals surface area contributed by atoms with Crippen molar-refractivity contribution in [3.63, 3.8) is 0 Å². The Bertz CT molecular complexity index is 640. The molecule has 0 amide bonds. The summed E-state index contributed by atoms with van der Waals surface area (Å²) in [7, 11) is -1.97. The highest BCUT2D eigenvalue weighted by Gasteiger charge is 2.52. The van der Waals surface area contributed by atoms with Crippen molar-refractivity contribution in [2.24, 2.45) is 11.8 Å². The zero-order chi connectivity index (χ0) is 16.0. The lowest BCUT2D eigenvalue weighted by Crippen LogP contribution is -2.39. The number of hydrogen-bond acceptors (Lipinski definition) is 4. The van der Waals surface area contributed by atoms with Gasteiger partial charge >= 0.3 is 0 Å². The van der Waals surface area contributed by atoms with Crippen molar-refractivity contribution in [2.45, 2.75) is 36.8 Å². The Morgan fingerprint density at radius 2 is 1.95 bits per heavy atom. The van der Waals surface area contributed by atoms with Gasteiger partial charge in [-0.2, -0.15) is 0 Å². The minimum atomic E-state index is -3.38. The fraction of sp³-hybridized carbons (Fsp3) is 0.625. The van der Waals surface area contributed by atoms with E-state index in [4.69, 9.17) is 0 Å². The van der Waals surface area contributed by atoms with Gasteiger partial charge < -0.3 is 5.11 Å². The summed E-state index contributed by atoms with van der Waals surface area (Å²) in [5.41, 5.74) is 0.539. The van der Waals surface area contributed by atoms with E-state index in [1.54, 1.807) is 12.1 Å². The van der Waals surface area contributed by atoms with Crippen LogP contribution in [0.2, 0.25) is 0 Å². The minimum Gasteiger partial charge on any atom is -0.388 e. The first-order chi connectivity index (χ1) is 10.3. The third-order valence-electron chi connectivity index (χ3n) is 5.06. The maximum Gasteiger partial charge on any atom is 0.240 e. The first kappa shape index (κ1) is 15.9. The van der Waals surface area contributed by atoms with Gasteiger partial charge in [0.15, 0.2) is 0 Å². The Kier molecular flexibility index (Phi) is 4.05. The van der Waals surface area contributed by atoms with Crippen molar-refractivity contribution in [2.75, 3.05) is 20.1 Å². The van der Waals surface area contributed by atoms with Gasteiger partial charge in [0.25, 0.3) is 0 Å². The Morgan fingerprint density at radius 1 is 1.32 bits per heavy atom. The molecule has 1 aromatic rings. The summed E-state index contributed by atoms with van der Waals surface area (Å²) in [5.74, 6) is 0.764. The largest absolute Gasteiger partial charge is 0.388 e. The summed E-state index contributed by atoms with van der Waals surface area (Å²) in [6.45, 7) is 4.49. The van der Waals surface area contributed by atoms with Crippen molar-refractivity contribution < 1.29 is 13.5 Å². The predicted molar refractivity (Wildman–Crippen MR) is 84.8 cm³/mol. The molecule has 0 aromatic heterocycles. The van der Waals surface area contributed by atoms with E-state index in [9.17, 15) is 13.5 Å². The van der Waals surface area contributed by atoms with Crippen molar-refractivity contribution in [3.8, 4) is 0 Å². The number of benzene rings is 1. The molecule has 122 valence electrons. The van der Waals surface area contributed by atoms with E-state index < -0.39 is 15.6 Å². The van der Waals surface area contributed by atoms with Crippen LogP contribution < -0.4 is 4.72 Å². The molecule has 2 fully saturated rings. The molecule has 1 saturated heterocycles. The molecule has 2 aliphatic rings. The zero-order valence-electron chi connectivity index (χ0n) is 13.1. The number of nitrogens with one attached hydrogen (secondary N) is 1. The molecular formula is C16H24N2O3S. The molecule has 2 atom stereocenters. The topological polar surface area (TPSA) is 69.6 Å². The average molecular weight is 324 g/mol. The molecule has 1 aromatic carbocycles. The molecule has 1 saturated carbocycles. The van der Waals surface area contributed by atoms with E-state index in [1.807, 2.05) is 12.1 Å². The van der Waals surface area contributed by atoms with Crippen molar-refractivity contribution in [1.29, 1.82) is 0 Å². The monoisotopic (exact) mass is 324 g/mol. The van der Waals surface area contributed by atoms with Gasteiger partial charge in [0.05, 0.1) is 10.5 Å². The molecular weight excluding hydrogens is 300 g/mol. The van der Waals surface area contributed by atoms with Crippen molar-refractivity contribution >= 4 is 10.0 Å². The third kappa shape index (κ3) is 2.93. The quantitative estimate of drug-likeness (QED) is 0.853. The summed E-state index contributed by atoms with van der Waals surface area (Å²) in [6, 6.07) is 6.97. The van der Waals surface area contributed by atoms with Gasteiger partial charge in [0.1, 0.15) is 0 Å². The molecule has 3 rings (SSSR count). The van der Waals surface area contributed by atoms with Gasteiger partial charge in [-0.05, 0) is 49.4 Å². The second-order valence-electron chi connectivity index (χ2n) is 6.69. The van der Waals surface area contributed by atoms with Crippen LogP contribution in [0.15, 0.2) is 29.2 Å². The van der Waals surface area contributed by atoms with Gasteiger partial charge in [-0.25, -0.2) is 13.1 Å². The summed E-state index contributed by atoms with van der Waals surface area (Å²) in [5, 5.41) is 10.8. The summed E-state index contributed by atoms with van der Waals surface area (Å²) >= 11 is 0. The zero-order valence-corrected chi connectivity index (χ0v) is 13.9. The number of likely N-dealkylation sites (tertiary alicyclic amines) is 1. The molecule has 2 unspecified atom stereocenters. The van der Waals surface area contributed by atoms with Crippen LogP contribution in [0, 0.1) is 11.8 Å². The van der Waals surface area contributed by atoms with E-state index in [1.165, 1.54) is 7.05 Å². The third-order valence-corrected chi connectivity index (χ3v) is 6.49. The van der Waals surface area contributed by atoms with Crippen LogP contribution in [0.4, 0.5) is 0 Å². The highest BCUT2D eigenvalue weighted by Crippen LogP contribution is 2.47. The summed E-state index contributed by atoms with van der Waals surface area (Å²) in [4.78, 5) is 2.55. The second kappa shape index (κ2) is 5.60. The van der Waals surface area contributed by atoms with E-state index >= 15 is 0 Å². The summed E-state index contributed by atoms with van der Waals surface area (Å²) in [6.07, 6.45) is 2.29. The van der Waals surface area contributed by atoms with Crippen LogP contribution >= 0.6 is 0 Å². The van der Waals surface area contributed by atoms with E-state index in [0.29, 0.717) is 11.8 Å². The van der Waals surface area contributed by atoms with Crippen molar-refractivity contribution in [1.82, 2.24) is 9.62 Å². The fourth-order valence-electron chi connectivity index (χ4n) is 3.51. The van der Waals surface area contributed by atoms with Crippen LogP contribution in [0.3, 0.4) is 0 Å². The lowest BCUT2D eigenvalue weighted by atomic mass is 9.88. The number of aliphatic hydroxyl groups is 1. The highest BCUT2D eigenvalue weighted by molar-refractivity contribution is 7.89. The first-order valence-corrected chi connectivity index (χ1v) is 9.30. The Hall–Kier alpha value is -0.950. The van der Waals surface area contributed by atoms with E-state index in [2.05, 4.69) is 16.5 Å². The number of rotatable bonds is 5. The van der Waals surface area contributed by atoms with Gasteiger partial charge in [-0.1, -0.05) is 19.1 Å². The molecule has 1 aliphatic carbocycles. The Morgan fingerprint density at radius 3 is 2.50 bits per heavy atom. The smallest absolute Gasteiger partial charge is 0.240 e.